The van der Waals surface area contributed by atoms with E-state index in [0.717, 1.165) is 83.5 Å². The number of amides is 1. The van der Waals surface area contributed by atoms with Gasteiger partial charge in [-0.05, 0) is 89.9 Å². The normalized spacial score (nSPS) is 25.1. The molecule has 17 unspecified atom stereocenters. The Labute approximate surface area is 697 Å². The average Bonchev–Trinajstić information content (AvgIpc) is 0.779. The van der Waals surface area contributed by atoms with Crippen molar-refractivity contribution in [2.45, 2.75) is 465 Å². The first-order valence-electron chi connectivity index (χ1n) is 46.6. The van der Waals surface area contributed by atoms with Gasteiger partial charge in [-0.2, -0.15) is 0 Å². The summed E-state index contributed by atoms with van der Waals surface area (Å²) in [6.45, 7) is 1.65. The molecule has 0 aromatic heterocycles. The molecule has 0 aromatic rings. The van der Waals surface area contributed by atoms with Crippen LogP contribution in [0.4, 0.5) is 0 Å². The van der Waals surface area contributed by atoms with Gasteiger partial charge in [-0.1, -0.05) is 374 Å². The number of ether oxygens (including phenoxy) is 6. The van der Waals surface area contributed by atoms with Crippen molar-refractivity contribution in [1.82, 2.24) is 5.32 Å². The lowest BCUT2D eigenvalue weighted by atomic mass is 9.96. The summed E-state index contributed by atoms with van der Waals surface area (Å²) in [6, 6.07) is -0.997. The highest BCUT2D eigenvalue weighted by Crippen LogP contribution is 2.34. The summed E-state index contributed by atoms with van der Waals surface area (Å²) in [5, 5.41) is 121. The highest BCUT2D eigenvalue weighted by molar-refractivity contribution is 5.76. The lowest BCUT2D eigenvalue weighted by Crippen LogP contribution is -2.66. The smallest absolute Gasteiger partial charge is 0.220 e. The maximum Gasteiger partial charge on any atom is 0.220 e. The minimum absolute atomic E-state index is 0.232. The fourth-order valence-corrected chi connectivity index (χ4v) is 15.2. The number of allylic oxidation sites excluding steroid dienone is 17. The summed E-state index contributed by atoms with van der Waals surface area (Å²) in [4.78, 5) is 13.5. The molecule has 12 N–H and O–H groups in total. The van der Waals surface area contributed by atoms with Gasteiger partial charge in [0.1, 0.15) is 73.2 Å². The minimum atomic E-state index is -1.99. The topological polar surface area (TPSA) is 307 Å². The Morgan fingerprint density at radius 3 is 0.974 bits per heavy atom. The summed E-state index contributed by atoms with van der Waals surface area (Å²) in [5.41, 5.74) is 0. The highest BCUT2D eigenvalue weighted by Gasteiger charge is 2.54. The van der Waals surface area contributed by atoms with Crippen LogP contribution in [0.25, 0.3) is 0 Å². The van der Waals surface area contributed by atoms with Gasteiger partial charge in [0.25, 0.3) is 0 Å². The van der Waals surface area contributed by atoms with E-state index < -0.39 is 124 Å². The van der Waals surface area contributed by atoms with Gasteiger partial charge >= 0.3 is 0 Å². The van der Waals surface area contributed by atoms with Crippen molar-refractivity contribution in [2.75, 3.05) is 26.4 Å². The van der Waals surface area contributed by atoms with Crippen LogP contribution in [0.5, 0.6) is 0 Å². The van der Waals surface area contributed by atoms with Gasteiger partial charge in [0, 0.05) is 6.42 Å². The molecule has 3 aliphatic rings. The third-order valence-electron chi connectivity index (χ3n) is 22.6. The van der Waals surface area contributed by atoms with Crippen molar-refractivity contribution in [2.24, 2.45) is 0 Å². The standard InChI is InChI=1S/C96H169NO18/c1-3-5-7-9-11-13-15-17-19-21-23-25-27-29-31-33-35-36-37-38-39-40-41-42-44-46-48-50-52-54-56-58-60-62-64-66-68-70-72-74-84(102)97-79(80(101)73-71-69-67-65-63-61-59-57-55-53-51-49-47-45-43-34-32-30-28-26-24-22-20-18-16-14-12-10-8-6-4-2)78-110-94-90(108)87(105)92(82(76-99)112-94)115-96-91(109)88(106)93(83(77-100)113-96)114-95-89(107)86(104)85(103)81(75-98)111-95/h5,7,11,13,17,19,23,25,29,31,35-36,38-39,63,65,71,73,79-83,85-96,98-101,103-109H,3-4,6,8-10,12,14-16,18,20-22,24,26-28,30,32-34,37,40-62,64,66-70,72,74-78H2,1-2H3,(H,97,102)/b7-5-,13-11-,19-17-,25-23-,31-29-,36-35-,39-38-,65-63+,73-71+. The highest BCUT2D eigenvalue weighted by atomic mass is 16.8. The van der Waals surface area contributed by atoms with Crippen LogP contribution in [-0.2, 0) is 33.2 Å². The van der Waals surface area contributed by atoms with Gasteiger partial charge in [0.15, 0.2) is 18.9 Å². The van der Waals surface area contributed by atoms with Crippen molar-refractivity contribution in [3.63, 3.8) is 0 Å². The molecule has 3 rings (SSSR count). The maximum absolute atomic E-state index is 13.5. The molecule has 115 heavy (non-hydrogen) atoms. The van der Waals surface area contributed by atoms with Gasteiger partial charge in [-0.3, -0.25) is 4.79 Å². The van der Waals surface area contributed by atoms with E-state index >= 15 is 0 Å². The average molecular weight is 1630 g/mol. The third-order valence-corrected chi connectivity index (χ3v) is 22.6. The summed E-state index contributed by atoms with van der Waals surface area (Å²) in [7, 11) is 0. The van der Waals surface area contributed by atoms with Crippen LogP contribution in [0, 0.1) is 0 Å². The number of rotatable bonds is 75. The molecule has 0 saturated carbocycles. The zero-order chi connectivity index (χ0) is 83.1. The fourth-order valence-electron chi connectivity index (χ4n) is 15.2. The first kappa shape index (κ1) is 106. The number of aliphatic hydroxyl groups is 11. The Morgan fingerprint density at radius 2 is 0.609 bits per heavy atom. The van der Waals surface area contributed by atoms with Crippen LogP contribution >= 0.6 is 0 Å². The third kappa shape index (κ3) is 52.4. The Kier molecular flexibility index (Phi) is 68.2. The van der Waals surface area contributed by atoms with Crippen LogP contribution in [0.1, 0.15) is 361 Å². The molecular formula is C96H169NO18. The minimum Gasteiger partial charge on any atom is -0.394 e. The van der Waals surface area contributed by atoms with E-state index in [-0.39, 0.29) is 18.9 Å². The quantitative estimate of drug-likeness (QED) is 0.0199. The van der Waals surface area contributed by atoms with Crippen LogP contribution in [0.15, 0.2) is 109 Å². The Hall–Kier alpha value is -3.55. The van der Waals surface area contributed by atoms with Crippen LogP contribution in [0.3, 0.4) is 0 Å². The molecule has 3 fully saturated rings. The van der Waals surface area contributed by atoms with E-state index in [1.54, 1.807) is 6.08 Å². The molecule has 17 atom stereocenters. The van der Waals surface area contributed by atoms with Crippen molar-refractivity contribution >= 4 is 5.91 Å². The SMILES string of the molecule is CC/C=C\C/C=C\C/C=C\C/C=C\C/C=C\C/C=C\C/C=C\CCCCCCCCCCCCCCCCCCCC(=O)NC(COC1OC(CO)C(OC2OC(CO)C(OC3OC(CO)C(O)C(O)C3O)C(O)C2O)C(O)C1O)C(O)/C=C/CC/C=C/CCCCCCCCCCCCCCCCCCCCCCCCCCC. The van der Waals surface area contributed by atoms with Crippen molar-refractivity contribution in [1.29, 1.82) is 0 Å². The van der Waals surface area contributed by atoms with Gasteiger partial charge in [-0.15, -0.1) is 0 Å². The molecule has 19 heteroatoms. The summed E-state index contributed by atoms with van der Waals surface area (Å²) >= 11 is 0. The number of carbonyl (C=O) groups excluding carboxylic acids is 1. The molecular weight excluding hydrogens is 1460 g/mol. The predicted molar refractivity (Wildman–Crippen MR) is 466 cm³/mol. The van der Waals surface area contributed by atoms with Crippen molar-refractivity contribution < 1.29 is 89.4 Å². The Bertz CT molecular complexity index is 2500. The second-order valence-electron chi connectivity index (χ2n) is 32.7. The van der Waals surface area contributed by atoms with Crippen LogP contribution in [-0.4, -0.2) is 193 Å². The molecule has 666 valence electrons. The Morgan fingerprint density at radius 1 is 0.322 bits per heavy atom. The number of carbonyl (C=O) groups is 1. The summed E-state index contributed by atoms with van der Waals surface area (Å²) in [5.74, 6) is -0.283. The molecule has 0 aromatic carbocycles. The van der Waals surface area contributed by atoms with Gasteiger partial charge < -0.3 is 89.9 Å². The maximum atomic E-state index is 13.5. The largest absolute Gasteiger partial charge is 0.394 e. The van der Waals surface area contributed by atoms with E-state index in [2.05, 4.69) is 116 Å². The molecule has 0 aliphatic carbocycles. The molecule has 3 aliphatic heterocycles. The molecule has 0 radical (unpaired) electrons. The molecule has 1 amide bonds. The molecule has 3 saturated heterocycles. The van der Waals surface area contributed by atoms with E-state index in [1.165, 1.54) is 244 Å². The van der Waals surface area contributed by atoms with Crippen LogP contribution in [0.2, 0.25) is 0 Å². The lowest BCUT2D eigenvalue weighted by molar-refractivity contribution is -0.379. The van der Waals surface area contributed by atoms with Gasteiger partial charge in [-0.25, -0.2) is 0 Å². The van der Waals surface area contributed by atoms with Crippen molar-refractivity contribution in [3.05, 3.63) is 109 Å². The number of hydrogen-bond acceptors (Lipinski definition) is 18. The fraction of sp³-hybridized carbons (Fsp3) is 0.802. The van der Waals surface area contributed by atoms with Crippen molar-refractivity contribution in [3.8, 4) is 0 Å². The summed E-state index contributed by atoms with van der Waals surface area (Å²) < 4.78 is 34.5. The van der Waals surface area contributed by atoms with Gasteiger partial charge in [0.2, 0.25) is 5.91 Å². The van der Waals surface area contributed by atoms with E-state index in [0.29, 0.717) is 12.8 Å². The first-order valence-corrected chi connectivity index (χ1v) is 46.6. The molecule has 19 nitrogen and oxygen atoms in total. The van der Waals surface area contributed by atoms with E-state index in [9.17, 15) is 61.0 Å². The monoisotopic (exact) mass is 1620 g/mol. The molecule has 0 spiro atoms. The lowest BCUT2D eigenvalue weighted by Gasteiger charge is -2.48. The van der Waals surface area contributed by atoms with Gasteiger partial charge in [0.05, 0.1) is 38.6 Å². The zero-order valence-electron chi connectivity index (χ0n) is 72.0. The van der Waals surface area contributed by atoms with E-state index in [1.807, 2.05) is 6.08 Å². The summed E-state index contributed by atoms with van der Waals surface area (Å²) in [6.07, 6.45) is 78.2. The zero-order valence-corrected chi connectivity index (χ0v) is 72.0. The number of nitrogens with one attached hydrogen (secondary N) is 1. The van der Waals surface area contributed by atoms with Crippen LogP contribution < -0.4 is 5.32 Å². The second-order valence-corrected chi connectivity index (χ2v) is 32.7. The second kappa shape index (κ2) is 74.3. The number of aliphatic hydroxyl groups excluding tert-OH is 11. The molecule has 3 heterocycles. The number of unbranched alkanes of at least 4 members (excludes halogenated alkanes) is 43. The Balaban J connectivity index is 1.32. The van der Waals surface area contributed by atoms with E-state index in [4.69, 9.17) is 28.4 Å². The predicted octanol–water partition coefficient (Wildman–Crippen LogP) is 18.4. The first-order chi connectivity index (χ1) is 56.3. The number of hydrogen-bond donors (Lipinski definition) is 12. The molecule has 0 bridgehead atoms.